The predicted octanol–water partition coefficient (Wildman–Crippen LogP) is 3.50. The Hall–Kier alpha value is -3.22. The molecule has 1 amide bonds. The van der Waals surface area contributed by atoms with E-state index in [1.165, 1.54) is 6.92 Å². The van der Waals surface area contributed by atoms with Crippen molar-refractivity contribution in [2.75, 3.05) is 25.1 Å². The van der Waals surface area contributed by atoms with Gasteiger partial charge in [-0.05, 0) is 44.5 Å². The molecule has 0 fully saturated rings. The van der Waals surface area contributed by atoms with Gasteiger partial charge in [-0.1, -0.05) is 17.7 Å². The van der Waals surface area contributed by atoms with Crippen LogP contribution >= 0.6 is 0 Å². The number of esters is 1. The molecule has 7 heteroatoms. The van der Waals surface area contributed by atoms with Crippen molar-refractivity contribution in [3.63, 3.8) is 0 Å². The fourth-order valence-electron chi connectivity index (χ4n) is 2.72. The molecule has 0 saturated carbocycles. The predicted molar refractivity (Wildman–Crippen MR) is 108 cm³/mol. The van der Waals surface area contributed by atoms with Crippen LogP contribution in [0.4, 0.5) is 5.69 Å². The van der Waals surface area contributed by atoms with E-state index in [0.717, 1.165) is 11.3 Å². The van der Waals surface area contributed by atoms with E-state index >= 15 is 0 Å². The topological polar surface area (TPSA) is 83.1 Å². The summed E-state index contributed by atoms with van der Waals surface area (Å²) >= 11 is 0. The number of hydrogen-bond donors (Lipinski definition) is 1. The molecule has 1 N–H and O–H groups in total. The number of hydrogen-bond acceptors (Lipinski definition) is 6. The van der Waals surface area contributed by atoms with Crippen LogP contribution in [0.1, 0.15) is 25.3 Å². The lowest BCUT2D eigenvalue weighted by atomic mass is 10.2. The summed E-state index contributed by atoms with van der Waals surface area (Å²) in [5.41, 5.74) is 1.71. The molecule has 2 aromatic carbocycles. The van der Waals surface area contributed by atoms with Crippen molar-refractivity contribution >= 4 is 17.6 Å². The Morgan fingerprint density at radius 3 is 2.55 bits per heavy atom. The van der Waals surface area contributed by atoms with E-state index in [1.807, 2.05) is 31.2 Å². The largest absolute Gasteiger partial charge is 0.494 e. The van der Waals surface area contributed by atoms with Crippen LogP contribution in [0.25, 0.3) is 0 Å². The van der Waals surface area contributed by atoms with Gasteiger partial charge in [-0.15, -0.1) is 0 Å². The van der Waals surface area contributed by atoms with Gasteiger partial charge in [-0.2, -0.15) is 0 Å². The van der Waals surface area contributed by atoms with E-state index in [9.17, 15) is 9.59 Å². The molecule has 0 saturated heterocycles. The monoisotopic (exact) mass is 399 g/mol. The number of fused-ring (bicyclic) bond motifs is 1. The second-order valence-corrected chi connectivity index (χ2v) is 6.74. The van der Waals surface area contributed by atoms with Crippen molar-refractivity contribution in [2.24, 2.45) is 0 Å². The number of ether oxygens (including phenoxy) is 4. The maximum atomic E-state index is 12.3. The molecular weight excluding hydrogens is 374 g/mol. The highest BCUT2D eigenvalue weighted by molar-refractivity contribution is 5.95. The van der Waals surface area contributed by atoms with Crippen LogP contribution in [0, 0.1) is 6.92 Å². The highest BCUT2D eigenvalue weighted by Crippen LogP contribution is 2.32. The van der Waals surface area contributed by atoms with Crippen LogP contribution < -0.4 is 19.5 Å². The Kier molecular flexibility index (Phi) is 6.94. The number of amides is 1. The minimum Gasteiger partial charge on any atom is -0.494 e. The Morgan fingerprint density at radius 1 is 1.07 bits per heavy atom. The molecule has 1 unspecified atom stereocenters. The zero-order valence-electron chi connectivity index (χ0n) is 16.6. The van der Waals surface area contributed by atoms with Gasteiger partial charge in [-0.3, -0.25) is 9.59 Å². The van der Waals surface area contributed by atoms with Crippen molar-refractivity contribution in [3.05, 3.63) is 48.0 Å². The lowest BCUT2D eigenvalue weighted by molar-refractivity contribution is -0.153. The second kappa shape index (κ2) is 9.82. The zero-order valence-corrected chi connectivity index (χ0v) is 16.6. The third kappa shape index (κ3) is 6.14. The first-order valence-corrected chi connectivity index (χ1v) is 9.61. The van der Waals surface area contributed by atoms with Gasteiger partial charge in [0.25, 0.3) is 5.91 Å². The van der Waals surface area contributed by atoms with E-state index in [1.54, 1.807) is 18.2 Å². The van der Waals surface area contributed by atoms with Gasteiger partial charge in [0.05, 0.1) is 6.61 Å². The Bertz CT molecular complexity index is 849. The Morgan fingerprint density at radius 2 is 1.79 bits per heavy atom. The second-order valence-electron chi connectivity index (χ2n) is 6.74. The van der Waals surface area contributed by atoms with Crippen molar-refractivity contribution in [2.45, 2.75) is 32.8 Å². The van der Waals surface area contributed by atoms with Crippen LogP contribution in [0.5, 0.6) is 17.2 Å². The van der Waals surface area contributed by atoms with Crippen LogP contribution in [0.2, 0.25) is 0 Å². The molecule has 3 rings (SSSR count). The molecule has 0 aromatic heterocycles. The molecule has 7 nitrogen and oxygen atoms in total. The maximum Gasteiger partial charge on any atom is 0.306 e. The van der Waals surface area contributed by atoms with Gasteiger partial charge in [0.1, 0.15) is 19.0 Å². The average Bonchev–Trinajstić information content (AvgIpc) is 2.72. The number of carbonyl (C=O) groups excluding carboxylic acids is 2. The summed E-state index contributed by atoms with van der Waals surface area (Å²) in [7, 11) is 0. The molecule has 29 heavy (non-hydrogen) atoms. The Balaban J connectivity index is 1.38. The quantitative estimate of drug-likeness (QED) is 0.540. The van der Waals surface area contributed by atoms with Crippen molar-refractivity contribution in [1.82, 2.24) is 0 Å². The third-order valence-electron chi connectivity index (χ3n) is 4.30. The molecule has 1 aliphatic rings. The lowest BCUT2D eigenvalue weighted by Gasteiger charge is -2.19. The summed E-state index contributed by atoms with van der Waals surface area (Å²) in [4.78, 5) is 24.2. The van der Waals surface area contributed by atoms with E-state index in [-0.39, 0.29) is 6.42 Å². The summed E-state index contributed by atoms with van der Waals surface area (Å²) in [6.07, 6.45) is -0.231. The number of benzene rings is 2. The summed E-state index contributed by atoms with van der Waals surface area (Å²) in [5.74, 6) is 1.12. The van der Waals surface area contributed by atoms with Crippen LogP contribution in [-0.2, 0) is 14.3 Å². The van der Waals surface area contributed by atoms with Crippen molar-refractivity contribution in [1.29, 1.82) is 0 Å². The van der Waals surface area contributed by atoms with Gasteiger partial charge < -0.3 is 24.3 Å². The number of nitrogens with one attached hydrogen (secondary N) is 1. The minimum absolute atomic E-state index is 0.174. The summed E-state index contributed by atoms with van der Waals surface area (Å²) in [5, 5.41) is 2.71. The van der Waals surface area contributed by atoms with E-state index in [2.05, 4.69) is 5.32 Å². The smallest absolute Gasteiger partial charge is 0.306 e. The van der Waals surface area contributed by atoms with Crippen molar-refractivity contribution < 1.29 is 28.5 Å². The molecule has 0 aliphatic carbocycles. The van der Waals surface area contributed by atoms with Gasteiger partial charge in [-0.25, -0.2) is 0 Å². The van der Waals surface area contributed by atoms with Crippen molar-refractivity contribution in [3.8, 4) is 17.2 Å². The summed E-state index contributed by atoms with van der Waals surface area (Å²) < 4.78 is 21.7. The molecule has 2 aromatic rings. The molecule has 1 heterocycles. The normalized spacial score (nSPS) is 13.3. The number of carbonyl (C=O) groups is 2. The fourth-order valence-corrected chi connectivity index (χ4v) is 2.72. The Labute approximate surface area is 169 Å². The first-order valence-electron chi connectivity index (χ1n) is 9.61. The highest BCUT2D eigenvalue weighted by Gasteiger charge is 2.19. The fraction of sp³-hybridized carbons (Fsp3) is 0.364. The van der Waals surface area contributed by atoms with E-state index < -0.39 is 18.0 Å². The SMILES string of the molecule is Cc1ccc(OCCCC(=O)OC(C)C(=O)Nc2ccc3c(c2)OCCO3)cc1. The van der Waals surface area contributed by atoms with Crippen LogP contribution in [0.15, 0.2) is 42.5 Å². The van der Waals surface area contributed by atoms with E-state index in [4.69, 9.17) is 18.9 Å². The van der Waals surface area contributed by atoms with Gasteiger partial charge in [0.2, 0.25) is 0 Å². The summed E-state index contributed by atoms with van der Waals surface area (Å²) in [6.45, 7) is 4.91. The number of aryl methyl sites for hydroxylation is 1. The zero-order chi connectivity index (χ0) is 20.6. The molecule has 0 radical (unpaired) electrons. The molecule has 0 bridgehead atoms. The molecule has 1 atom stereocenters. The average molecular weight is 399 g/mol. The highest BCUT2D eigenvalue weighted by atomic mass is 16.6. The van der Waals surface area contributed by atoms with Crippen LogP contribution in [0.3, 0.4) is 0 Å². The molecule has 1 aliphatic heterocycles. The first-order chi connectivity index (χ1) is 14.0. The van der Waals surface area contributed by atoms with Gasteiger partial charge >= 0.3 is 5.97 Å². The van der Waals surface area contributed by atoms with Gasteiger partial charge in [0.15, 0.2) is 17.6 Å². The lowest BCUT2D eigenvalue weighted by Crippen LogP contribution is -2.30. The molecular formula is C22H25NO6. The maximum absolute atomic E-state index is 12.3. The van der Waals surface area contributed by atoms with E-state index in [0.29, 0.717) is 43.4 Å². The molecule has 154 valence electrons. The third-order valence-corrected chi connectivity index (χ3v) is 4.30. The first kappa shape index (κ1) is 20.5. The number of rotatable bonds is 8. The number of anilines is 1. The van der Waals surface area contributed by atoms with Gasteiger partial charge in [0, 0.05) is 18.2 Å². The standard InChI is InChI=1S/C22H25NO6/c1-15-5-8-18(9-6-15)26-11-3-4-21(24)29-16(2)22(25)23-17-7-10-19-20(14-17)28-13-12-27-19/h5-10,14,16H,3-4,11-13H2,1-2H3,(H,23,25). The van der Waals surface area contributed by atoms with Crippen LogP contribution in [-0.4, -0.2) is 37.8 Å². The summed E-state index contributed by atoms with van der Waals surface area (Å²) in [6, 6.07) is 12.8. The molecule has 0 spiro atoms. The minimum atomic E-state index is -0.909.